The van der Waals surface area contributed by atoms with E-state index in [-0.39, 0.29) is 5.82 Å². The van der Waals surface area contributed by atoms with Crippen molar-refractivity contribution in [1.29, 1.82) is 0 Å². The van der Waals surface area contributed by atoms with E-state index < -0.39 is 5.91 Å². The van der Waals surface area contributed by atoms with Gasteiger partial charge in [0.1, 0.15) is 5.82 Å². The molecule has 0 aliphatic rings. The zero-order valence-corrected chi connectivity index (χ0v) is 10.2. The molecule has 0 saturated carbocycles. The Labute approximate surface area is 110 Å². The van der Waals surface area contributed by atoms with Gasteiger partial charge in [-0.3, -0.25) is 4.79 Å². The summed E-state index contributed by atoms with van der Waals surface area (Å²) in [5.74, 6) is -0.838. The van der Waals surface area contributed by atoms with Gasteiger partial charge in [-0.05, 0) is 29.8 Å². The predicted molar refractivity (Wildman–Crippen MR) is 73.1 cm³/mol. The van der Waals surface area contributed by atoms with Crippen LogP contribution >= 0.6 is 0 Å². The van der Waals surface area contributed by atoms with Crippen molar-refractivity contribution in [3.8, 4) is 0 Å². The number of rotatable bonds is 4. The zero-order chi connectivity index (χ0) is 13.8. The number of carbonyl (C=O) groups excluding carboxylic acids is 1. The Morgan fingerprint density at radius 3 is 2.47 bits per heavy atom. The molecule has 0 aliphatic heterocycles. The lowest BCUT2D eigenvalue weighted by Gasteiger charge is -2.12. The van der Waals surface area contributed by atoms with Gasteiger partial charge in [0.05, 0.1) is 16.9 Å². The number of para-hydroxylation sites is 1. The first-order chi connectivity index (χ1) is 9.08. The first kappa shape index (κ1) is 12.9. The molecule has 0 saturated heterocycles. The van der Waals surface area contributed by atoms with E-state index in [1.165, 1.54) is 12.1 Å². The van der Waals surface area contributed by atoms with E-state index in [2.05, 4.69) is 5.32 Å². The summed E-state index contributed by atoms with van der Waals surface area (Å²) in [5.41, 5.74) is 13.3. The van der Waals surface area contributed by atoms with Gasteiger partial charge >= 0.3 is 0 Å². The minimum atomic E-state index is -0.547. The smallest absolute Gasteiger partial charge is 0.250 e. The Hall–Kier alpha value is -2.56. The van der Waals surface area contributed by atoms with Gasteiger partial charge in [0.15, 0.2) is 0 Å². The molecule has 0 aliphatic carbocycles. The normalized spacial score (nSPS) is 10.2. The lowest BCUT2D eigenvalue weighted by Crippen LogP contribution is -2.15. The Bertz CT molecular complexity index is 596. The monoisotopic (exact) mass is 259 g/mol. The molecule has 1 amide bonds. The third-order valence-electron chi connectivity index (χ3n) is 2.74. The van der Waals surface area contributed by atoms with Crippen molar-refractivity contribution in [3.63, 3.8) is 0 Å². The first-order valence-corrected chi connectivity index (χ1v) is 5.74. The molecule has 0 fully saturated rings. The Balaban J connectivity index is 2.19. The summed E-state index contributed by atoms with van der Waals surface area (Å²) in [5, 5.41) is 3.05. The van der Waals surface area contributed by atoms with Crippen molar-refractivity contribution in [3.05, 3.63) is 59.4 Å². The number of hydrogen-bond donors (Lipinski definition) is 3. The van der Waals surface area contributed by atoms with Crippen molar-refractivity contribution in [1.82, 2.24) is 0 Å². The maximum atomic E-state index is 12.8. The van der Waals surface area contributed by atoms with Gasteiger partial charge < -0.3 is 16.8 Å². The van der Waals surface area contributed by atoms with Gasteiger partial charge in [-0.15, -0.1) is 0 Å². The molecule has 2 rings (SSSR count). The molecule has 2 aromatic carbocycles. The molecule has 0 bridgehead atoms. The van der Waals surface area contributed by atoms with Crippen LogP contribution in [0.3, 0.4) is 0 Å². The Kier molecular flexibility index (Phi) is 3.66. The molecule has 19 heavy (non-hydrogen) atoms. The standard InChI is InChI=1S/C14H14FN3O/c15-10-6-4-9(5-7-10)8-18-13-11(14(17)19)2-1-3-12(13)16/h1-7,18H,8,16H2,(H2,17,19). The number of hydrogen-bond acceptors (Lipinski definition) is 3. The zero-order valence-electron chi connectivity index (χ0n) is 10.2. The number of nitrogens with two attached hydrogens (primary N) is 2. The summed E-state index contributed by atoms with van der Waals surface area (Å²) < 4.78 is 12.8. The second-order valence-electron chi connectivity index (χ2n) is 4.11. The average Bonchev–Trinajstić information content (AvgIpc) is 2.39. The molecule has 5 N–H and O–H groups in total. The number of halogens is 1. The van der Waals surface area contributed by atoms with E-state index in [0.29, 0.717) is 23.5 Å². The van der Waals surface area contributed by atoms with Crippen molar-refractivity contribution < 1.29 is 9.18 Å². The summed E-state index contributed by atoms with van der Waals surface area (Å²) in [6.45, 7) is 0.425. The van der Waals surface area contributed by atoms with Crippen LogP contribution in [-0.4, -0.2) is 5.91 Å². The Morgan fingerprint density at radius 2 is 1.84 bits per heavy atom. The average molecular weight is 259 g/mol. The van der Waals surface area contributed by atoms with Crippen LogP contribution in [-0.2, 0) is 6.54 Å². The summed E-state index contributed by atoms with van der Waals surface area (Å²) in [7, 11) is 0. The third-order valence-corrected chi connectivity index (χ3v) is 2.74. The first-order valence-electron chi connectivity index (χ1n) is 5.74. The van der Waals surface area contributed by atoms with E-state index in [1.807, 2.05) is 0 Å². The predicted octanol–water partition coefficient (Wildman–Crippen LogP) is 2.12. The quantitative estimate of drug-likeness (QED) is 0.736. The number of anilines is 2. The number of amides is 1. The van der Waals surface area contributed by atoms with Crippen LogP contribution in [0.25, 0.3) is 0 Å². The summed E-state index contributed by atoms with van der Waals surface area (Å²) in [6.07, 6.45) is 0. The van der Waals surface area contributed by atoms with E-state index in [0.717, 1.165) is 5.56 Å². The molecule has 98 valence electrons. The van der Waals surface area contributed by atoms with Gasteiger partial charge in [-0.1, -0.05) is 18.2 Å². The van der Waals surface area contributed by atoms with E-state index in [9.17, 15) is 9.18 Å². The van der Waals surface area contributed by atoms with Crippen LogP contribution in [0, 0.1) is 5.82 Å². The lowest BCUT2D eigenvalue weighted by molar-refractivity contribution is 0.100. The fraction of sp³-hybridized carbons (Fsp3) is 0.0714. The van der Waals surface area contributed by atoms with Crippen LogP contribution in [0.15, 0.2) is 42.5 Å². The second-order valence-corrected chi connectivity index (χ2v) is 4.11. The van der Waals surface area contributed by atoms with Crippen LogP contribution in [0.2, 0.25) is 0 Å². The minimum absolute atomic E-state index is 0.291. The van der Waals surface area contributed by atoms with Gasteiger partial charge in [0, 0.05) is 6.54 Å². The highest BCUT2D eigenvalue weighted by Crippen LogP contribution is 2.23. The molecule has 0 heterocycles. The second kappa shape index (κ2) is 5.39. The molecule has 0 spiro atoms. The van der Waals surface area contributed by atoms with E-state index in [4.69, 9.17) is 11.5 Å². The molecule has 0 atom stereocenters. The molecule has 0 radical (unpaired) electrons. The summed E-state index contributed by atoms with van der Waals surface area (Å²) in [4.78, 5) is 11.3. The highest BCUT2D eigenvalue weighted by atomic mass is 19.1. The molecule has 0 unspecified atom stereocenters. The van der Waals surface area contributed by atoms with Crippen molar-refractivity contribution in [2.24, 2.45) is 5.73 Å². The van der Waals surface area contributed by atoms with Crippen molar-refractivity contribution >= 4 is 17.3 Å². The molecular weight excluding hydrogens is 245 g/mol. The number of nitrogens with one attached hydrogen (secondary N) is 1. The largest absolute Gasteiger partial charge is 0.397 e. The molecule has 5 heteroatoms. The maximum absolute atomic E-state index is 12.8. The van der Waals surface area contributed by atoms with Crippen molar-refractivity contribution in [2.45, 2.75) is 6.54 Å². The van der Waals surface area contributed by atoms with Gasteiger partial charge in [0.2, 0.25) is 0 Å². The SMILES string of the molecule is NC(=O)c1cccc(N)c1NCc1ccc(F)cc1. The van der Waals surface area contributed by atoms with Gasteiger partial charge in [-0.2, -0.15) is 0 Å². The third kappa shape index (κ3) is 3.01. The number of nitrogen functional groups attached to an aromatic ring is 1. The van der Waals surface area contributed by atoms with Crippen LogP contribution in [0.1, 0.15) is 15.9 Å². The molecule has 2 aromatic rings. The van der Waals surface area contributed by atoms with Gasteiger partial charge in [-0.25, -0.2) is 4.39 Å². The summed E-state index contributed by atoms with van der Waals surface area (Å²) in [6, 6.07) is 11.0. The fourth-order valence-electron chi connectivity index (χ4n) is 1.77. The fourth-order valence-corrected chi connectivity index (χ4v) is 1.77. The van der Waals surface area contributed by atoms with Gasteiger partial charge in [0.25, 0.3) is 5.91 Å². The molecule has 0 aromatic heterocycles. The highest BCUT2D eigenvalue weighted by molar-refractivity contribution is 6.01. The van der Waals surface area contributed by atoms with Crippen LogP contribution < -0.4 is 16.8 Å². The maximum Gasteiger partial charge on any atom is 0.250 e. The summed E-state index contributed by atoms with van der Waals surface area (Å²) >= 11 is 0. The van der Waals surface area contributed by atoms with Crippen molar-refractivity contribution in [2.75, 3.05) is 11.1 Å². The lowest BCUT2D eigenvalue weighted by atomic mass is 10.1. The number of primary amides is 1. The Morgan fingerprint density at radius 1 is 1.16 bits per heavy atom. The van der Waals surface area contributed by atoms with Crippen LogP contribution in [0.5, 0.6) is 0 Å². The van der Waals surface area contributed by atoms with E-state index in [1.54, 1.807) is 30.3 Å². The molecular formula is C14H14FN3O. The topological polar surface area (TPSA) is 81.1 Å². The molecule has 4 nitrogen and oxygen atoms in total. The number of carbonyl (C=O) groups is 1. The van der Waals surface area contributed by atoms with E-state index >= 15 is 0 Å². The van der Waals surface area contributed by atoms with Crippen LogP contribution in [0.4, 0.5) is 15.8 Å². The number of benzene rings is 2. The highest BCUT2D eigenvalue weighted by Gasteiger charge is 2.10. The minimum Gasteiger partial charge on any atom is -0.397 e.